The van der Waals surface area contributed by atoms with Crippen molar-refractivity contribution in [3.8, 4) is 5.75 Å². The number of aromatic hydroxyl groups is 1. The number of aryl methyl sites for hydroxylation is 1. The van der Waals surface area contributed by atoms with Gasteiger partial charge in [0.2, 0.25) is 0 Å². The number of phenolic OH excluding ortho intramolecular Hbond substituents is 1. The van der Waals surface area contributed by atoms with Crippen LogP contribution in [0.4, 0.5) is 11.4 Å². The molecule has 3 nitrogen and oxygen atoms in total. The number of phenols is 1. The van der Waals surface area contributed by atoms with Gasteiger partial charge in [0.05, 0.1) is 0 Å². The number of nitrogens with zero attached hydrogens (tertiary/aromatic N) is 2. The second-order valence-electron chi connectivity index (χ2n) is 7.49. The van der Waals surface area contributed by atoms with Crippen molar-refractivity contribution in [1.82, 2.24) is 0 Å². The van der Waals surface area contributed by atoms with E-state index in [2.05, 4.69) is 56.8 Å². The maximum Gasteiger partial charge on any atom is 0.141 e. The largest absolute Gasteiger partial charge is 0.506 e. The number of hydrogen-bond acceptors (Lipinski definition) is 3. The van der Waals surface area contributed by atoms with Crippen LogP contribution in [0.1, 0.15) is 49.8 Å². The van der Waals surface area contributed by atoms with Crippen LogP contribution in [0.15, 0.2) is 41.4 Å². The molecule has 0 fully saturated rings. The smallest absolute Gasteiger partial charge is 0.141 e. The van der Waals surface area contributed by atoms with Crippen molar-refractivity contribution in [2.45, 2.75) is 45.6 Å². The SMILES string of the molecule is Cc1cc2c(cc1C=Nc1ccccc1O)[C@@H](C)CC(C)(C)N2C. The Balaban J connectivity index is 2.01. The molecule has 0 aliphatic carbocycles. The lowest BCUT2D eigenvalue weighted by Gasteiger charge is -2.45. The van der Waals surface area contributed by atoms with E-state index in [-0.39, 0.29) is 11.3 Å². The molecule has 126 valence electrons. The number of hydrogen-bond donors (Lipinski definition) is 1. The summed E-state index contributed by atoms with van der Waals surface area (Å²) in [4.78, 5) is 6.86. The van der Waals surface area contributed by atoms with Gasteiger partial charge in [0.15, 0.2) is 0 Å². The molecule has 1 heterocycles. The zero-order chi connectivity index (χ0) is 17.5. The van der Waals surface area contributed by atoms with Gasteiger partial charge in [0.1, 0.15) is 11.4 Å². The van der Waals surface area contributed by atoms with Gasteiger partial charge in [0.25, 0.3) is 0 Å². The Hall–Kier alpha value is -2.29. The summed E-state index contributed by atoms with van der Waals surface area (Å²) in [5, 5.41) is 9.86. The van der Waals surface area contributed by atoms with Crippen LogP contribution in [0.25, 0.3) is 0 Å². The third kappa shape index (κ3) is 2.91. The molecule has 0 spiro atoms. The Bertz CT molecular complexity index is 792. The zero-order valence-corrected chi connectivity index (χ0v) is 15.2. The van der Waals surface area contributed by atoms with Gasteiger partial charge < -0.3 is 10.0 Å². The van der Waals surface area contributed by atoms with Crippen LogP contribution in [0.5, 0.6) is 5.75 Å². The number of anilines is 1. The lowest BCUT2D eigenvalue weighted by atomic mass is 9.79. The van der Waals surface area contributed by atoms with Crippen LogP contribution >= 0.6 is 0 Å². The van der Waals surface area contributed by atoms with Crippen LogP contribution in [0.2, 0.25) is 0 Å². The monoisotopic (exact) mass is 322 g/mol. The van der Waals surface area contributed by atoms with Crippen LogP contribution in [0, 0.1) is 6.92 Å². The first kappa shape index (κ1) is 16.6. The summed E-state index contributed by atoms with van der Waals surface area (Å²) in [5.74, 6) is 0.725. The molecular weight excluding hydrogens is 296 g/mol. The third-order valence-electron chi connectivity index (χ3n) is 5.25. The van der Waals surface area contributed by atoms with Gasteiger partial charge in [-0.3, -0.25) is 4.99 Å². The van der Waals surface area contributed by atoms with Gasteiger partial charge in [-0.25, -0.2) is 0 Å². The van der Waals surface area contributed by atoms with Crippen molar-refractivity contribution >= 4 is 17.6 Å². The van der Waals surface area contributed by atoms with E-state index < -0.39 is 0 Å². The Labute approximate surface area is 144 Å². The fraction of sp³-hybridized carbons (Fsp3) is 0.381. The fourth-order valence-electron chi connectivity index (χ4n) is 3.59. The molecule has 3 heteroatoms. The molecule has 0 saturated heterocycles. The van der Waals surface area contributed by atoms with Crippen molar-refractivity contribution in [3.05, 3.63) is 53.1 Å². The third-order valence-corrected chi connectivity index (χ3v) is 5.25. The molecule has 1 atom stereocenters. The highest BCUT2D eigenvalue weighted by molar-refractivity contribution is 5.86. The van der Waals surface area contributed by atoms with E-state index in [0.717, 1.165) is 12.0 Å². The summed E-state index contributed by atoms with van der Waals surface area (Å²) < 4.78 is 0. The predicted molar refractivity (Wildman–Crippen MR) is 102 cm³/mol. The van der Waals surface area contributed by atoms with Gasteiger partial charge in [-0.2, -0.15) is 0 Å². The number of rotatable bonds is 2. The first-order chi connectivity index (χ1) is 11.3. The van der Waals surface area contributed by atoms with Crippen LogP contribution in [-0.4, -0.2) is 23.9 Å². The van der Waals surface area contributed by atoms with Gasteiger partial charge in [0, 0.05) is 24.5 Å². The molecule has 1 N–H and O–H groups in total. The van der Waals surface area contributed by atoms with E-state index in [9.17, 15) is 5.11 Å². The van der Waals surface area contributed by atoms with Gasteiger partial charge >= 0.3 is 0 Å². The minimum Gasteiger partial charge on any atom is -0.506 e. The van der Waals surface area contributed by atoms with Crippen molar-refractivity contribution in [3.63, 3.8) is 0 Å². The van der Waals surface area contributed by atoms with Gasteiger partial charge in [-0.05, 0) is 74.1 Å². The Kier molecular flexibility index (Phi) is 4.12. The highest BCUT2D eigenvalue weighted by atomic mass is 16.3. The molecule has 1 aliphatic rings. The maximum absolute atomic E-state index is 9.86. The van der Waals surface area contributed by atoms with Crippen LogP contribution < -0.4 is 4.90 Å². The summed E-state index contributed by atoms with van der Waals surface area (Å²) in [6.45, 7) is 9.02. The average Bonchev–Trinajstić information content (AvgIpc) is 2.52. The summed E-state index contributed by atoms with van der Waals surface area (Å²) >= 11 is 0. The Morgan fingerprint density at radius 1 is 1.25 bits per heavy atom. The number of para-hydroxylation sites is 2. The van der Waals surface area contributed by atoms with Crippen molar-refractivity contribution in [2.24, 2.45) is 4.99 Å². The first-order valence-electron chi connectivity index (χ1n) is 8.50. The highest BCUT2D eigenvalue weighted by Crippen LogP contribution is 2.43. The molecular formula is C21H26N2O. The second-order valence-corrected chi connectivity index (χ2v) is 7.49. The molecule has 24 heavy (non-hydrogen) atoms. The normalized spacial score (nSPS) is 19.5. The standard InChI is InChI=1S/C21H26N2O/c1-14-10-19-17(15(2)12-21(3,4)23(19)5)11-16(14)13-22-18-8-6-7-9-20(18)24/h6-11,13,15,24H,12H2,1-5H3/t15-/m0/s1. The highest BCUT2D eigenvalue weighted by Gasteiger charge is 2.34. The molecule has 0 saturated carbocycles. The van der Waals surface area contributed by atoms with Crippen LogP contribution in [-0.2, 0) is 0 Å². The lowest BCUT2D eigenvalue weighted by molar-refractivity contribution is 0.395. The van der Waals surface area contributed by atoms with Crippen molar-refractivity contribution in [2.75, 3.05) is 11.9 Å². The molecule has 0 bridgehead atoms. The van der Waals surface area contributed by atoms with E-state index in [1.807, 2.05) is 18.3 Å². The maximum atomic E-state index is 9.86. The molecule has 0 aromatic heterocycles. The minimum absolute atomic E-state index is 0.171. The van der Waals surface area contributed by atoms with Gasteiger partial charge in [-0.1, -0.05) is 19.1 Å². The van der Waals surface area contributed by atoms with Crippen molar-refractivity contribution < 1.29 is 5.11 Å². The molecule has 2 aromatic rings. The minimum atomic E-state index is 0.171. The van der Waals surface area contributed by atoms with E-state index >= 15 is 0 Å². The summed E-state index contributed by atoms with van der Waals surface area (Å²) in [6, 6.07) is 11.7. The zero-order valence-electron chi connectivity index (χ0n) is 15.2. The van der Waals surface area contributed by atoms with Crippen LogP contribution in [0.3, 0.4) is 0 Å². The van der Waals surface area contributed by atoms with Gasteiger partial charge in [-0.15, -0.1) is 0 Å². The Morgan fingerprint density at radius 2 is 1.96 bits per heavy atom. The Morgan fingerprint density at radius 3 is 2.67 bits per heavy atom. The molecule has 2 aromatic carbocycles. The summed E-state index contributed by atoms with van der Waals surface area (Å²) in [6.07, 6.45) is 2.99. The number of fused-ring (bicyclic) bond motifs is 1. The number of aliphatic imine (C=N–C) groups is 1. The summed E-state index contributed by atoms with van der Waals surface area (Å²) in [7, 11) is 2.18. The van der Waals surface area contributed by atoms with E-state index in [1.165, 1.54) is 16.8 Å². The van der Waals surface area contributed by atoms with E-state index in [0.29, 0.717) is 11.6 Å². The molecule has 0 radical (unpaired) electrons. The molecule has 1 aliphatic heterocycles. The van der Waals surface area contributed by atoms with E-state index in [4.69, 9.17) is 0 Å². The topological polar surface area (TPSA) is 35.8 Å². The lowest BCUT2D eigenvalue weighted by Crippen LogP contribution is -2.45. The molecule has 0 unspecified atom stereocenters. The predicted octanol–water partition coefficient (Wildman–Crippen LogP) is 5.17. The molecule has 0 amide bonds. The van der Waals surface area contributed by atoms with E-state index in [1.54, 1.807) is 12.1 Å². The number of benzene rings is 2. The first-order valence-corrected chi connectivity index (χ1v) is 8.50. The van der Waals surface area contributed by atoms with Crippen molar-refractivity contribution in [1.29, 1.82) is 0 Å². The quantitative estimate of drug-likeness (QED) is 0.774. The second kappa shape index (κ2) is 5.97. The average molecular weight is 322 g/mol. The fourth-order valence-corrected chi connectivity index (χ4v) is 3.59. The summed E-state index contributed by atoms with van der Waals surface area (Å²) in [5.41, 5.74) is 5.77. The molecule has 3 rings (SSSR count).